The molecule has 0 amide bonds. The van der Waals surface area contributed by atoms with E-state index in [9.17, 15) is 4.79 Å². The van der Waals surface area contributed by atoms with Crippen LogP contribution in [0.1, 0.15) is 23.3 Å². The minimum Gasteiger partial charge on any atom is -0.477 e. The fourth-order valence-corrected chi connectivity index (χ4v) is 2.35. The van der Waals surface area contributed by atoms with E-state index in [1.54, 1.807) is 12.3 Å². The van der Waals surface area contributed by atoms with Crippen LogP contribution in [0.2, 0.25) is 0 Å². The summed E-state index contributed by atoms with van der Waals surface area (Å²) < 4.78 is 0. The zero-order valence-electron chi connectivity index (χ0n) is 10.8. The first-order valence-electron chi connectivity index (χ1n) is 6.18. The number of hydrogen-bond acceptors (Lipinski definition) is 4. The SMILES string of the molecule is CN1CCC(N(C)c2ccnc(C(=O)O)c2)CC1. The zero-order valence-corrected chi connectivity index (χ0v) is 10.8. The molecule has 0 bridgehead atoms. The Morgan fingerprint density at radius 3 is 2.78 bits per heavy atom. The van der Waals surface area contributed by atoms with Gasteiger partial charge in [0.2, 0.25) is 0 Å². The lowest BCUT2D eigenvalue weighted by Crippen LogP contribution is -2.42. The first-order chi connectivity index (χ1) is 8.58. The Hall–Kier alpha value is -1.62. The predicted molar refractivity (Wildman–Crippen MR) is 70.1 cm³/mol. The maximum absolute atomic E-state index is 10.9. The molecule has 0 saturated carbocycles. The first kappa shape index (κ1) is 12.8. The van der Waals surface area contributed by atoms with Crippen LogP contribution in [-0.4, -0.2) is 54.2 Å². The van der Waals surface area contributed by atoms with Gasteiger partial charge in [0.25, 0.3) is 0 Å². The number of aromatic nitrogens is 1. The molecule has 1 aliphatic heterocycles. The molecule has 1 aliphatic rings. The highest BCUT2D eigenvalue weighted by Gasteiger charge is 2.21. The average molecular weight is 249 g/mol. The van der Waals surface area contributed by atoms with Gasteiger partial charge in [-0.3, -0.25) is 0 Å². The van der Waals surface area contributed by atoms with Crippen LogP contribution in [0.25, 0.3) is 0 Å². The second kappa shape index (κ2) is 5.35. The minimum absolute atomic E-state index is 0.104. The number of piperidine rings is 1. The second-order valence-electron chi connectivity index (χ2n) is 4.85. The highest BCUT2D eigenvalue weighted by molar-refractivity contribution is 5.86. The number of aromatic carboxylic acids is 1. The van der Waals surface area contributed by atoms with Crippen molar-refractivity contribution in [3.8, 4) is 0 Å². The Kier molecular flexibility index (Phi) is 3.81. The van der Waals surface area contributed by atoms with Crippen molar-refractivity contribution in [3.63, 3.8) is 0 Å². The fourth-order valence-electron chi connectivity index (χ4n) is 2.35. The van der Waals surface area contributed by atoms with Gasteiger partial charge in [0.05, 0.1) is 0 Å². The predicted octanol–water partition coefficient (Wildman–Crippen LogP) is 1.31. The summed E-state index contributed by atoms with van der Waals surface area (Å²) in [7, 11) is 4.15. The molecule has 0 unspecified atom stereocenters. The molecule has 1 N–H and O–H groups in total. The van der Waals surface area contributed by atoms with Crippen molar-refractivity contribution in [1.29, 1.82) is 0 Å². The summed E-state index contributed by atoms with van der Waals surface area (Å²) in [5.74, 6) is -0.978. The van der Waals surface area contributed by atoms with Gasteiger partial charge in [-0.25, -0.2) is 9.78 Å². The van der Waals surface area contributed by atoms with Gasteiger partial charge in [-0.05, 0) is 45.1 Å². The first-order valence-corrected chi connectivity index (χ1v) is 6.18. The van der Waals surface area contributed by atoms with Crippen LogP contribution in [0.15, 0.2) is 18.3 Å². The van der Waals surface area contributed by atoms with Gasteiger partial charge >= 0.3 is 5.97 Å². The highest BCUT2D eigenvalue weighted by atomic mass is 16.4. The Morgan fingerprint density at radius 1 is 1.50 bits per heavy atom. The van der Waals surface area contributed by atoms with Crippen molar-refractivity contribution < 1.29 is 9.90 Å². The average Bonchev–Trinajstić information content (AvgIpc) is 2.39. The van der Waals surface area contributed by atoms with Crippen LogP contribution >= 0.6 is 0 Å². The quantitative estimate of drug-likeness (QED) is 0.875. The molecule has 98 valence electrons. The van der Waals surface area contributed by atoms with Crippen LogP contribution in [-0.2, 0) is 0 Å². The molecular formula is C13H19N3O2. The molecule has 18 heavy (non-hydrogen) atoms. The van der Waals surface area contributed by atoms with Crippen molar-refractivity contribution >= 4 is 11.7 Å². The number of nitrogens with zero attached hydrogens (tertiary/aromatic N) is 3. The number of carboxylic acids is 1. The molecule has 0 aromatic carbocycles. The topological polar surface area (TPSA) is 56.7 Å². The maximum Gasteiger partial charge on any atom is 0.354 e. The molecular weight excluding hydrogens is 230 g/mol. The smallest absolute Gasteiger partial charge is 0.354 e. The van der Waals surface area contributed by atoms with E-state index in [0.29, 0.717) is 6.04 Å². The molecule has 0 aliphatic carbocycles. The van der Waals surface area contributed by atoms with Crippen LogP contribution in [0.5, 0.6) is 0 Å². The summed E-state index contributed by atoms with van der Waals surface area (Å²) in [5.41, 5.74) is 1.03. The van der Waals surface area contributed by atoms with E-state index in [4.69, 9.17) is 5.11 Å². The molecule has 0 atom stereocenters. The van der Waals surface area contributed by atoms with E-state index in [-0.39, 0.29) is 5.69 Å². The Morgan fingerprint density at radius 2 is 2.17 bits per heavy atom. The summed E-state index contributed by atoms with van der Waals surface area (Å²) in [6.45, 7) is 2.18. The van der Waals surface area contributed by atoms with E-state index in [1.807, 2.05) is 13.1 Å². The normalized spacial score (nSPS) is 17.7. The maximum atomic E-state index is 10.9. The fraction of sp³-hybridized carbons (Fsp3) is 0.538. The summed E-state index contributed by atoms with van der Waals surface area (Å²) in [6, 6.07) is 3.98. The van der Waals surface area contributed by atoms with Crippen molar-refractivity contribution in [2.45, 2.75) is 18.9 Å². The van der Waals surface area contributed by atoms with E-state index < -0.39 is 5.97 Å². The molecule has 5 heteroatoms. The number of likely N-dealkylation sites (tertiary alicyclic amines) is 1. The van der Waals surface area contributed by atoms with Crippen LogP contribution in [0.4, 0.5) is 5.69 Å². The van der Waals surface area contributed by atoms with E-state index in [0.717, 1.165) is 31.6 Å². The number of anilines is 1. The standard InChI is InChI=1S/C13H19N3O2/c1-15-7-4-10(5-8-15)16(2)11-3-6-14-12(9-11)13(17)18/h3,6,9-10H,4-5,7-8H2,1-2H3,(H,17,18). The Bertz CT molecular complexity index is 428. The second-order valence-corrected chi connectivity index (χ2v) is 4.85. The van der Waals surface area contributed by atoms with Crippen molar-refractivity contribution in [2.24, 2.45) is 0 Å². The van der Waals surface area contributed by atoms with Crippen LogP contribution in [0, 0.1) is 0 Å². The summed E-state index contributed by atoms with van der Waals surface area (Å²) in [6.07, 6.45) is 3.78. The number of hydrogen-bond donors (Lipinski definition) is 1. The minimum atomic E-state index is -0.978. The molecule has 1 fully saturated rings. The zero-order chi connectivity index (χ0) is 13.1. The number of carbonyl (C=O) groups is 1. The van der Waals surface area contributed by atoms with Crippen LogP contribution in [0.3, 0.4) is 0 Å². The molecule has 1 saturated heterocycles. The van der Waals surface area contributed by atoms with Crippen molar-refractivity contribution in [3.05, 3.63) is 24.0 Å². The van der Waals surface area contributed by atoms with E-state index in [2.05, 4.69) is 21.8 Å². The van der Waals surface area contributed by atoms with Gasteiger partial charge in [0.15, 0.2) is 0 Å². The largest absolute Gasteiger partial charge is 0.477 e. The monoisotopic (exact) mass is 249 g/mol. The molecule has 0 radical (unpaired) electrons. The third kappa shape index (κ3) is 2.79. The Labute approximate surface area is 107 Å². The van der Waals surface area contributed by atoms with Crippen molar-refractivity contribution in [2.75, 3.05) is 32.1 Å². The van der Waals surface area contributed by atoms with Crippen LogP contribution < -0.4 is 4.90 Å². The molecule has 1 aromatic heterocycles. The third-order valence-corrected chi connectivity index (χ3v) is 3.61. The van der Waals surface area contributed by atoms with E-state index >= 15 is 0 Å². The van der Waals surface area contributed by atoms with Gasteiger partial charge < -0.3 is 14.9 Å². The van der Waals surface area contributed by atoms with Gasteiger partial charge in [-0.15, -0.1) is 0 Å². The number of carboxylic acid groups (broad SMARTS) is 1. The van der Waals surface area contributed by atoms with Gasteiger partial charge in [-0.2, -0.15) is 0 Å². The lowest BCUT2D eigenvalue weighted by Gasteiger charge is -2.36. The molecule has 2 rings (SSSR count). The van der Waals surface area contributed by atoms with Gasteiger partial charge in [0.1, 0.15) is 5.69 Å². The third-order valence-electron chi connectivity index (χ3n) is 3.61. The summed E-state index contributed by atoms with van der Waals surface area (Å²) in [4.78, 5) is 19.2. The Balaban J connectivity index is 2.10. The van der Waals surface area contributed by atoms with Gasteiger partial charge in [0, 0.05) is 25.0 Å². The number of rotatable bonds is 3. The summed E-state index contributed by atoms with van der Waals surface area (Å²) in [5, 5.41) is 8.95. The molecule has 0 spiro atoms. The highest BCUT2D eigenvalue weighted by Crippen LogP contribution is 2.21. The van der Waals surface area contributed by atoms with E-state index in [1.165, 1.54) is 0 Å². The van der Waals surface area contributed by atoms with Gasteiger partial charge in [-0.1, -0.05) is 0 Å². The molecule has 2 heterocycles. The lowest BCUT2D eigenvalue weighted by molar-refractivity contribution is 0.0690. The lowest BCUT2D eigenvalue weighted by atomic mass is 10.0. The summed E-state index contributed by atoms with van der Waals surface area (Å²) >= 11 is 0. The molecule has 1 aromatic rings. The molecule has 5 nitrogen and oxygen atoms in total. The number of pyridine rings is 1. The van der Waals surface area contributed by atoms with Crippen molar-refractivity contribution in [1.82, 2.24) is 9.88 Å².